The Labute approximate surface area is 462 Å². The van der Waals surface area contributed by atoms with E-state index in [1.165, 1.54) is 33.0 Å². The molecule has 8 aromatic carbocycles. The number of aromatic nitrogens is 6. The molecule has 13 aromatic rings. The molecule has 0 atom stereocenters. The van der Waals surface area contributed by atoms with E-state index in [1.807, 2.05) is 18.5 Å². The molecule has 0 bridgehead atoms. The normalized spacial score (nSPS) is 12.8. The summed E-state index contributed by atoms with van der Waals surface area (Å²) in [5.74, 6) is 1.84. The molecular formula is C72H66N6O. The van der Waals surface area contributed by atoms with Gasteiger partial charge in [0.05, 0.1) is 38.8 Å². The summed E-state index contributed by atoms with van der Waals surface area (Å²) in [5.41, 5.74) is 17.2. The van der Waals surface area contributed by atoms with Gasteiger partial charge < -0.3 is 13.6 Å². The van der Waals surface area contributed by atoms with Crippen LogP contribution in [0.3, 0.4) is 0 Å². The highest BCUT2D eigenvalue weighted by atomic mass is 16.3. The lowest BCUT2D eigenvalue weighted by atomic mass is 9.79. The van der Waals surface area contributed by atoms with Gasteiger partial charge in [0.1, 0.15) is 11.2 Å². The number of furan rings is 1. The van der Waals surface area contributed by atoms with Gasteiger partial charge in [-0.05, 0) is 129 Å². The first-order valence-corrected chi connectivity index (χ1v) is 27.7. The molecule has 0 fully saturated rings. The van der Waals surface area contributed by atoms with Crippen LogP contribution in [0.1, 0.15) is 105 Å². The number of benzene rings is 8. The van der Waals surface area contributed by atoms with Gasteiger partial charge in [-0.25, -0.2) is 15.0 Å². The molecule has 390 valence electrons. The zero-order chi connectivity index (χ0) is 54.9. The fourth-order valence-corrected chi connectivity index (χ4v) is 11.6. The molecule has 5 heterocycles. The molecule has 0 amide bonds. The second kappa shape index (κ2) is 17.9. The molecule has 7 heteroatoms. The van der Waals surface area contributed by atoms with Crippen molar-refractivity contribution in [2.45, 2.75) is 105 Å². The molecule has 0 aliphatic rings. The van der Waals surface area contributed by atoms with Gasteiger partial charge in [-0.15, -0.1) is 0 Å². The van der Waals surface area contributed by atoms with E-state index in [-0.39, 0.29) is 21.7 Å². The highest BCUT2D eigenvalue weighted by Crippen LogP contribution is 2.45. The molecule has 0 unspecified atom stereocenters. The fourth-order valence-electron chi connectivity index (χ4n) is 11.6. The Morgan fingerprint density at radius 1 is 0.354 bits per heavy atom. The first-order chi connectivity index (χ1) is 37.7. The molecule has 13 rings (SSSR count). The fraction of sp³-hybridized carbons (Fsp3) is 0.222. The second-order valence-electron chi connectivity index (χ2n) is 25.7. The third kappa shape index (κ3) is 8.49. The summed E-state index contributed by atoms with van der Waals surface area (Å²) in [6, 6.07) is 61.6. The molecule has 0 saturated heterocycles. The number of nitrogens with zero attached hydrogens (tertiary/aromatic N) is 6. The Morgan fingerprint density at radius 3 is 1.33 bits per heavy atom. The van der Waals surface area contributed by atoms with Crippen molar-refractivity contribution in [1.82, 2.24) is 29.1 Å². The molecule has 0 N–H and O–H groups in total. The van der Waals surface area contributed by atoms with E-state index < -0.39 is 0 Å². The van der Waals surface area contributed by atoms with E-state index >= 15 is 0 Å². The van der Waals surface area contributed by atoms with Crippen LogP contribution >= 0.6 is 0 Å². The van der Waals surface area contributed by atoms with Gasteiger partial charge in [0, 0.05) is 67.1 Å². The number of para-hydroxylation sites is 4. The van der Waals surface area contributed by atoms with Crippen LogP contribution in [-0.2, 0) is 21.7 Å². The SMILES string of the molecule is CC(C)(C)c1cc(-c2nc(-c3cc(C(C)(C)C)cc(C(C)(C)C)c3)nc(-c3ccc(-n4c5ccccc5c5c6oc7ccccc7c6ccc54)c(-c4cnccc4-n4c5ccccc5c5ccccc54)c3)n2)cc(C(C)(C)C)c1. The summed E-state index contributed by atoms with van der Waals surface area (Å²) in [7, 11) is 0. The second-order valence-corrected chi connectivity index (χ2v) is 25.7. The lowest BCUT2D eigenvalue weighted by molar-refractivity contribution is 0.568. The van der Waals surface area contributed by atoms with Crippen LogP contribution < -0.4 is 0 Å². The van der Waals surface area contributed by atoms with Crippen molar-refractivity contribution in [2.24, 2.45) is 0 Å². The maximum Gasteiger partial charge on any atom is 0.164 e. The van der Waals surface area contributed by atoms with Crippen LogP contribution in [0.25, 0.3) is 122 Å². The average Bonchev–Trinajstić information content (AvgIpc) is 4.33. The van der Waals surface area contributed by atoms with Gasteiger partial charge in [-0.3, -0.25) is 4.98 Å². The summed E-state index contributed by atoms with van der Waals surface area (Å²) in [6.45, 7) is 27.3. The maximum atomic E-state index is 6.81. The standard InChI is InChI=1S/C72H66N6O/c1-69(2,3)46-35-44(36-47(40-46)70(4,5)6)67-74-66(75-68(76-67)45-37-48(71(7,8)9)41-49(38-45)72(10,11)12)43-29-31-60(78-59-27-19-15-24-54(59)64-62(78)32-30-53-52-23-16-20-28-63(52)79-65(53)64)55(39-43)56-42-73-34-33-61(56)77-57-25-17-13-21-50(57)51-22-14-18-26-58(51)77/h13-42H,1-12H3. The van der Waals surface area contributed by atoms with Crippen LogP contribution in [0.5, 0.6) is 0 Å². The summed E-state index contributed by atoms with van der Waals surface area (Å²) < 4.78 is 11.6. The number of hydrogen-bond acceptors (Lipinski definition) is 5. The monoisotopic (exact) mass is 1030 g/mol. The average molecular weight is 1030 g/mol. The van der Waals surface area contributed by atoms with Gasteiger partial charge in [0.15, 0.2) is 17.5 Å². The first-order valence-electron chi connectivity index (χ1n) is 27.7. The van der Waals surface area contributed by atoms with Gasteiger partial charge in [-0.1, -0.05) is 168 Å². The predicted molar refractivity (Wildman–Crippen MR) is 330 cm³/mol. The Bertz CT molecular complexity index is 4380. The van der Waals surface area contributed by atoms with E-state index in [2.05, 4.69) is 256 Å². The highest BCUT2D eigenvalue weighted by molar-refractivity contribution is 6.24. The van der Waals surface area contributed by atoms with E-state index in [4.69, 9.17) is 24.4 Å². The van der Waals surface area contributed by atoms with Crippen molar-refractivity contribution in [3.63, 3.8) is 0 Å². The molecule has 0 saturated carbocycles. The van der Waals surface area contributed by atoms with Crippen molar-refractivity contribution in [3.8, 4) is 56.7 Å². The summed E-state index contributed by atoms with van der Waals surface area (Å²) in [5, 5.41) is 6.74. The van der Waals surface area contributed by atoms with Gasteiger partial charge in [-0.2, -0.15) is 0 Å². The minimum absolute atomic E-state index is 0.122. The molecule has 0 aliphatic carbocycles. The Hall–Kier alpha value is -8.68. The summed E-state index contributed by atoms with van der Waals surface area (Å²) >= 11 is 0. The van der Waals surface area contributed by atoms with Crippen molar-refractivity contribution >= 4 is 65.6 Å². The largest absolute Gasteiger partial charge is 0.455 e. The molecular weight excluding hydrogens is 965 g/mol. The third-order valence-electron chi connectivity index (χ3n) is 16.1. The van der Waals surface area contributed by atoms with Crippen LogP contribution in [0.15, 0.2) is 187 Å². The zero-order valence-electron chi connectivity index (χ0n) is 47.4. The first kappa shape index (κ1) is 49.9. The lowest BCUT2D eigenvalue weighted by Crippen LogP contribution is -2.17. The topological polar surface area (TPSA) is 74.6 Å². The van der Waals surface area contributed by atoms with Crippen molar-refractivity contribution in [3.05, 3.63) is 205 Å². The maximum absolute atomic E-state index is 6.81. The van der Waals surface area contributed by atoms with E-state index in [0.717, 1.165) is 94.0 Å². The highest BCUT2D eigenvalue weighted by Gasteiger charge is 2.28. The molecule has 0 aliphatic heterocycles. The van der Waals surface area contributed by atoms with Gasteiger partial charge >= 0.3 is 0 Å². The Kier molecular flexibility index (Phi) is 11.3. The van der Waals surface area contributed by atoms with E-state index in [1.54, 1.807) is 0 Å². The number of pyridine rings is 1. The van der Waals surface area contributed by atoms with Crippen molar-refractivity contribution in [2.75, 3.05) is 0 Å². The number of hydrogen-bond donors (Lipinski definition) is 0. The molecule has 0 radical (unpaired) electrons. The minimum atomic E-state index is -0.122. The van der Waals surface area contributed by atoms with Crippen LogP contribution in [0.4, 0.5) is 0 Å². The molecule has 7 nitrogen and oxygen atoms in total. The van der Waals surface area contributed by atoms with E-state index in [9.17, 15) is 0 Å². The quantitative estimate of drug-likeness (QED) is 0.166. The Morgan fingerprint density at radius 2 is 0.797 bits per heavy atom. The summed E-state index contributed by atoms with van der Waals surface area (Å²) in [4.78, 5) is 21.6. The Balaban J connectivity index is 1.13. The predicted octanol–water partition coefficient (Wildman–Crippen LogP) is 19.2. The summed E-state index contributed by atoms with van der Waals surface area (Å²) in [6.07, 6.45) is 3.93. The van der Waals surface area contributed by atoms with Crippen LogP contribution in [0.2, 0.25) is 0 Å². The van der Waals surface area contributed by atoms with Gasteiger partial charge in [0.2, 0.25) is 0 Å². The molecule has 5 aromatic heterocycles. The van der Waals surface area contributed by atoms with Crippen LogP contribution in [0, 0.1) is 0 Å². The lowest BCUT2D eigenvalue weighted by Gasteiger charge is -2.26. The van der Waals surface area contributed by atoms with E-state index in [0.29, 0.717) is 17.5 Å². The van der Waals surface area contributed by atoms with Crippen LogP contribution in [-0.4, -0.2) is 29.1 Å². The molecule has 79 heavy (non-hydrogen) atoms. The smallest absolute Gasteiger partial charge is 0.164 e. The minimum Gasteiger partial charge on any atom is -0.455 e. The molecule has 0 spiro atoms. The number of fused-ring (bicyclic) bond motifs is 10. The third-order valence-corrected chi connectivity index (χ3v) is 16.1. The number of rotatable bonds is 6. The zero-order valence-corrected chi connectivity index (χ0v) is 47.4. The van der Waals surface area contributed by atoms with Gasteiger partial charge in [0.25, 0.3) is 0 Å². The van der Waals surface area contributed by atoms with Crippen molar-refractivity contribution < 1.29 is 4.42 Å². The van der Waals surface area contributed by atoms with Crippen molar-refractivity contribution in [1.29, 1.82) is 0 Å².